The fourth-order valence-electron chi connectivity index (χ4n) is 6.52. The van der Waals surface area contributed by atoms with Gasteiger partial charge in [-0.3, -0.25) is 4.21 Å². The van der Waals surface area contributed by atoms with Gasteiger partial charge >= 0.3 is 0 Å². The molecule has 1 N–H and O–H groups in total. The Bertz CT molecular complexity index is 963. The Morgan fingerprint density at radius 1 is 1.09 bits per heavy atom. The molecule has 5 unspecified atom stereocenters. The molecule has 0 aliphatic carbocycles. The molecule has 5 nitrogen and oxygen atoms in total. The van der Waals surface area contributed by atoms with Crippen LogP contribution in [-0.4, -0.2) is 56.1 Å². The number of hydrogen-bond donors (Lipinski definition) is 1. The highest BCUT2D eigenvalue weighted by atomic mass is 32.2. The minimum absolute atomic E-state index is 0.652. The van der Waals surface area contributed by atoms with Gasteiger partial charge in [0.15, 0.2) is 0 Å². The van der Waals surface area contributed by atoms with E-state index in [4.69, 9.17) is 4.98 Å². The number of nitrogens with one attached hydrogen (secondary N) is 1. The minimum Gasteiger partial charge on any atom is -0.334 e. The van der Waals surface area contributed by atoms with E-state index in [9.17, 15) is 4.21 Å². The molecule has 5 atom stereocenters. The van der Waals surface area contributed by atoms with E-state index in [0.717, 1.165) is 47.0 Å². The molecule has 0 saturated carbocycles. The van der Waals surface area contributed by atoms with Crippen LogP contribution in [0, 0.1) is 11.8 Å². The third-order valence-corrected chi connectivity index (χ3v) is 9.40. The Labute approximate surface area is 201 Å². The number of likely N-dealkylation sites (tertiary alicyclic amines) is 1. The van der Waals surface area contributed by atoms with Crippen LogP contribution in [0.4, 0.5) is 0 Å². The molecule has 2 saturated heterocycles. The molecule has 0 spiro atoms. The first-order chi connectivity index (χ1) is 16.0. The van der Waals surface area contributed by atoms with E-state index in [1.54, 1.807) is 6.26 Å². The van der Waals surface area contributed by atoms with Gasteiger partial charge in [-0.2, -0.15) is 0 Å². The largest absolute Gasteiger partial charge is 0.334 e. The summed E-state index contributed by atoms with van der Waals surface area (Å²) in [5.74, 6) is 2.86. The van der Waals surface area contributed by atoms with Crippen molar-refractivity contribution in [1.29, 1.82) is 0 Å². The highest BCUT2D eigenvalue weighted by Crippen LogP contribution is 2.35. The zero-order chi connectivity index (χ0) is 22.9. The molecule has 0 radical (unpaired) electrons. The normalized spacial score (nSPS) is 30.2. The summed E-state index contributed by atoms with van der Waals surface area (Å²) >= 11 is 0. The van der Waals surface area contributed by atoms with Crippen LogP contribution >= 0.6 is 0 Å². The lowest BCUT2D eigenvalue weighted by Gasteiger charge is -2.45. The Kier molecular flexibility index (Phi) is 7.05. The highest BCUT2D eigenvalue weighted by Gasteiger charge is 2.34. The summed E-state index contributed by atoms with van der Waals surface area (Å²) in [6.07, 6.45) is 12.9. The summed E-state index contributed by atoms with van der Waals surface area (Å²) in [6.45, 7) is 8.36. The molecule has 3 aliphatic heterocycles. The molecule has 6 heteroatoms. The summed E-state index contributed by atoms with van der Waals surface area (Å²) in [5, 5.41) is 3.78. The van der Waals surface area contributed by atoms with Gasteiger partial charge in [0.2, 0.25) is 0 Å². The number of piperidine rings is 2. The topological polar surface area (TPSA) is 50.2 Å². The van der Waals surface area contributed by atoms with Crippen molar-refractivity contribution in [3.8, 4) is 11.3 Å². The van der Waals surface area contributed by atoms with Gasteiger partial charge in [0, 0.05) is 64.8 Å². The third kappa shape index (κ3) is 5.13. The number of hydrogen-bond acceptors (Lipinski definition) is 4. The Hall–Kier alpha value is -1.50. The first-order valence-electron chi connectivity index (χ1n) is 13.0. The summed E-state index contributed by atoms with van der Waals surface area (Å²) in [6, 6.07) is 10.2. The molecule has 2 aromatic rings. The number of rotatable bonds is 5. The summed E-state index contributed by atoms with van der Waals surface area (Å²) < 4.78 is 14.1. The van der Waals surface area contributed by atoms with Crippen molar-refractivity contribution >= 4 is 10.8 Å². The fourth-order valence-corrected chi connectivity index (χ4v) is 7.04. The van der Waals surface area contributed by atoms with E-state index in [1.165, 1.54) is 57.4 Å². The molecule has 1 aromatic carbocycles. The number of benzene rings is 1. The SMILES string of the molecule is CCC1CC(N2CCC(C3CCc4nc(-c5ccc(S(C)=O)cc5)cn4C3)CC2)CC(C)N1. The lowest BCUT2D eigenvalue weighted by atomic mass is 9.79. The quantitative estimate of drug-likeness (QED) is 0.703. The predicted octanol–water partition coefficient (Wildman–Crippen LogP) is 4.48. The number of fused-ring (bicyclic) bond motifs is 1. The van der Waals surface area contributed by atoms with Crippen LogP contribution in [-0.2, 0) is 23.8 Å². The molecule has 33 heavy (non-hydrogen) atoms. The molecule has 1 aromatic heterocycles. The van der Waals surface area contributed by atoms with Gasteiger partial charge in [-0.1, -0.05) is 19.1 Å². The second kappa shape index (κ2) is 10.0. The van der Waals surface area contributed by atoms with Crippen LogP contribution in [0.1, 0.15) is 58.2 Å². The maximum Gasteiger partial charge on any atom is 0.109 e. The zero-order valence-electron chi connectivity index (χ0n) is 20.5. The molecule has 3 aliphatic rings. The van der Waals surface area contributed by atoms with Crippen molar-refractivity contribution in [2.75, 3.05) is 19.3 Å². The average molecular weight is 469 g/mol. The first kappa shape index (κ1) is 23.3. The van der Waals surface area contributed by atoms with Gasteiger partial charge < -0.3 is 14.8 Å². The van der Waals surface area contributed by atoms with Crippen molar-refractivity contribution in [2.45, 2.75) is 88.4 Å². The van der Waals surface area contributed by atoms with Crippen molar-refractivity contribution in [3.05, 3.63) is 36.3 Å². The molecule has 2 fully saturated rings. The molecular weight excluding hydrogens is 428 g/mol. The van der Waals surface area contributed by atoms with Crippen LogP contribution in [0.3, 0.4) is 0 Å². The molecule has 4 heterocycles. The summed E-state index contributed by atoms with van der Waals surface area (Å²) in [5.41, 5.74) is 2.18. The van der Waals surface area contributed by atoms with Crippen molar-refractivity contribution in [3.63, 3.8) is 0 Å². The van der Waals surface area contributed by atoms with Gasteiger partial charge in [-0.25, -0.2) is 4.98 Å². The summed E-state index contributed by atoms with van der Waals surface area (Å²) in [4.78, 5) is 8.63. The van der Waals surface area contributed by atoms with E-state index in [0.29, 0.717) is 12.1 Å². The average Bonchev–Trinajstić information content (AvgIpc) is 3.27. The summed E-state index contributed by atoms with van der Waals surface area (Å²) in [7, 11) is -0.935. The Balaban J connectivity index is 1.19. The molecule has 180 valence electrons. The number of aryl methyl sites for hydroxylation is 1. The van der Waals surface area contributed by atoms with Gasteiger partial charge in [0.25, 0.3) is 0 Å². The van der Waals surface area contributed by atoms with Gasteiger partial charge in [0.05, 0.1) is 5.69 Å². The predicted molar refractivity (Wildman–Crippen MR) is 136 cm³/mol. The van der Waals surface area contributed by atoms with Gasteiger partial charge in [-0.15, -0.1) is 0 Å². The van der Waals surface area contributed by atoms with Gasteiger partial charge in [0.1, 0.15) is 5.82 Å². The number of aromatic nitrogens is 2. The number of nitrogens with zero attached hydrogens (tertiary/aromatic N) is 3. The molecule has 0 bridgehead atoms. The fraction of sp³-hybridized carbons (Fsp3) is 0.667. The second-order valence-electron chi connectivity index (χ2n) is 10.6. The van der Waals surface area contributed by atoms with E-state index >= 15 is 0 Å². The highest BCUT2D eigenvalue weighted by molar-refractivity contribution is 7.84. The lowest BCUT2D eigenvalue weighted by Crippen LogP contribution is -2.53. The first-order valence-corrected chi connectivity index (χ1v) is 14.6. The molecule has 5 rings (SSSR count). The monoisotopic (exact) mass is 468 g/mol. The van der Waals surface area contributed by atoms with Crippen molar-refractivity contribution in [1.82, 2.24) is 19.8 Å². The van der Waals surface area contributed by atoms with Crippen molar-refractivity contribution < 1.29 is 4.21 Å². The van der Waals surface area contributed by atoms with E-state index < -0.39 is 10.8 Å². The Morgan fingerprint density at radius 2 is 1.85 bits per heavy atom. The zero-order valence-corrected chi connectivity index (χ0v) is 21.3. The lowest BCUT2D eigenvalue weighted by molar-refractivity contribution is 0.0651. The molecule has 0 amide bonds. The number of imidazole rings is 1. The van der Waals surface area contributed by atoms with Crippen LogP contribution in [0.5, 0.6) is 0 Å². The smallest absolute Gasteiger partial charge is 0.109 e. The van der Waals surface area contributed by atoms with Crippen LogP contribution in [0.25, 0.3) is 11.3 Å². The van der Waals surface area contributed by atoms with Gasteiger partial charge in [-0.05, 0) is 82.5 Å². The minimum atomic E-state index is -0.935. The second-order valence-corrected chi connectivity index (χ2v) is 12.0. The maximum absolute atomic E-state index is 11.7. The van der Waals surface area contributed by atoms with Crippen LogP contribution in [0.15, 0.2) is 35.4 Å². The van der Waals surface area contributed by atoms with Crippen LogP contribution in [0.2, 0.25) is 0 Å². The Morgan fingerprint density at radius 3 is 2.55 bits per heavy atom. The van der Waals surface area contributed by atoms with Crippen molar-refractivity contribution in [2.24, 2.45) is 11.8 Å². The van der Waals surface area contributed by atoms with E-state index in [2.05, 4.69) is 47.0 Å². The van der Waals surface area contributed by atoms with Crippen LogP contribution < -0.4 is 5.32 Å². The van der Waals surface area contributed by atoms with E-state index in [-0.39, 0.29) is 0 Å². The molecular formula is C27H40N4OS. The van der Waals surface area contributed by atoms with E-state index in [1.807, 2.05) is 12.1 Å². The standard InChI is InChI=1S/C27H40N4OS/c1-4-23-16-24(15-19(2)28-23)30-13-11-20(12-14-30)22-7-10-27-29-26(18-31(27)17-22)21-5-8-25(9-6-21)33(3)32/h5-6,8-9,18-20,22-24,28H,4,7,10-17H2,1-3H3. The third-order valence-electron chi connectivity index (χ3n) is 8.46. The maximum atomic E-state index is 11.7.